The highest BCUT2D eigenvalue weighted by atomic mass is 32.2. The van der Waals surface area contributed by atoms with Crippen LogP contribution in [0.3, 0.4) is 0 Å². The van der Waals surface area contributed by atoms with Gasteiger partial charge in [-0.3, -0.25) is 4.79 Å². The van der Waals surface area contributed by atoms with Gasteiger partial charge < -0.3 is 5.11 Å². The van der Waals surface area contributed by atoms with Gasteiger partial charge in [0.25, 0.3) is 0 Å². The lowest BCUT2D eigenvalue weighted by molar-refractivity contribution is -0.141. The molecule has 128 valence electrons. The number of aryl methyl sites for hydroxylation is 1. The van der Waals surface area contributed by atoms with Crippen molar-refractivity contribution in [1.82, 2.24) is 4.31 Å². The maximum absolute atomic E-state index is 13.1. The Hall–Kier alpha value is -2.18. The summed E-state index contributed by atoms with van der Waals surface area (Å²) in [6.07, 6.45) is 0. The number of carboxylic acids is 1. The molecule has 0 saturated heterocycles. The van der Waals surface area contributed by atoms with Gasteiger partial charge >= 0.3 is 5.97 Å². The molecule has 0 aliphatic heterocycles. The van der Waals surface area contributed by atoms with Gasteiger partial charge in [-0.1, -0.05) is 48.0 Å². The molecule has 2 rings (SSSR count). The van der Waals surface area contributed by atoms with Gasteiger partial charge in [0, 0.05) is 6.04 Å². The number of hydrogen-bond donors (Lipinski definition) is 1. The molecule has 0 bridgehead atoms. The number of aliphatic carboxylic acids is 1. The second kappa shape index (κ2) is 7.15. The van der Waals surface area contributed by atoms with E-state index in [9.17, 15) is 18.3 Å². The molecule has 0 fully saturated rings. The second-order valence-corrected chi connectivity index (χ2v) is 7.59. The van der Waals surface area contributed by atoms with Crippen LogP contribution >= 0.6 is 0 Å². The van der Waals surface area contributed by atoms with Crippen LogP contribution in [0.25, 0.3) is 0 Å². The Balaban J connectivity index is 2.53. The first kappa shape index (κ1) is 18.2. The number of sulfonamides is 1. The molecule has 1 unspecified atom stereocenters. The predicted molar refractivity (Wildman–Crippen MR) is 92.2 cm³/mol. The lowest BCUT2D eigenvalue weighted by atomic mass is 10.1. The zero-order chi connectivity index (χ0) is 17.9. The van der Waals surface area contributed by atoms with Crippen LogP contribution in [0.2, 0.25) is 0 Å². The zero-order valence-electron chi connectivity index (χ0n) is 13.9. The lowest BCUT2D eigenvalue weighted by Gasteiger charge is -2.31. The number of nitrogens with zero attached hydrogens (tertiary/aromatic N) is 1. The SMILES string of the molecule is Cc1ccc(S(=O)(=O)N(C(C)C(=O)O)[C@@H](C)c2ccccc2)cc1. The Labute approximate surface area is 142 Å². The molecule has 0 aliphatic carbocycles. The van der Waals surface area contributed by atoms with E-state index in [4.69, 9.17) is 0 Å². The third kappa shape index (κ3) is 3.66. The van der Waals surface area contributed by atoms with Crippen LogP contribution in [-0.4, -0.2) is 29.8 Å². The highest BCUT2D eigenvalue weighted by molar-refractivity contribution is 7.89. The minimum absolute atomic E-state index is 0.0870. The Morgan fingerprint density at radius 3 is 2.04 bits per heavy atom. The third-order valence-corrected chi connectivity index (χ3v) is 6.05. The van der Waals surface area contributed by atoms with E-state index in [1.54, 1.807) is 43.3 Å². The van der Waals surface area contributed by atoms with Gasteiger partial charge in [-0.2, -0.15) is 4.31 Å². The van der Waals surface area contributed by atoms with Gasteiger partial charge in [0.2, 0.25) is 10.0 Å². The topological polar surface area (TPSA) is 74.7 Å². The molecule has 0 aromatic heterocycles. The first-order valence-electron chi connectivity index (χ1n) is 7.63. The number of rotatable bonds is 6. The van der Waals surface area contributed by atoms with Crippen molar-refractivity contribution >= 4 is 16.0 Å². The number of carboxylic acid groups (broad SMARTS) is 1. The molecule has 0 heterocycles. The average molecular weight is 347 g/mol. The van der Waals surface area contributed by atoms with Crippen molar-refractivity contribution in [2.45, 2.75) is 37.8 Å². The Morgan fingerprint density at radius 2 is 1.54 bits per heavy atom. The molecule has 2 aromatic carbocycles. The van der Waals surface area contributed by atoms with Gasteiger partial charge in [0.1, 0.15) is 6.04 Å². The van der Waals surface area contributed by atoms with Gasteiger partial charge in [0.15, 0.2) is 0 Å². The fourth-order valence-corrected chi connectivity index (χ4v) is 4.34. The van der Waals surface area contributed by atoms with Gasteiger partial charge in [-0.25, -0.2) is 8.42 Å². The molecule has 0 radical (unpaired) electrons. The molecule has 0 saturated carbocycles. The molecule has 2 aromatic rings. The second-order valence-electron chi connectivity index (χ2n) is 5.75. The summed E-state index contributed by atoms with van der Waals surface area (Å²) in [4.78, 5) is 11.6. The molecule has 1 N–H and O–H groups in total. The molecule has 0 spiro atoms. The first-order chi connectivity index (χ1) is 11.2. The van der Waals surface area contributed by atoms with Crippen LogP contribution < -0.4 is 0 Å². The van der Waals surface area contributed by atoms with E-state index < -0.39 is 28.1 Å². The van der Waals surface area contributed by atoms with Crippen molar-refractivity contribution in [3.05, 3.63) is 65.7 Å². The van der Waals surface area contributed by atoms with Crippen LogP contribution in [0.1, 0.15) is 31.0 Å². The Bertz CT molecular complexity index is 801. The normalized spacial score (nSPS) is 14.3. The van der Waals surface area contributed by atoms with Gasteiger partial charge in [-0.15, -0.1) is 0 Å². The largest absolute Gasteiger partial charge is 0.480 e. The standard InChI is InChI=1S/C18H21NO4S/c1-13-9-11-17(12-10-13)24(22,23)19(15(3)18(20)21)14(2)16-7-5-4-6-8-16/h4-12,14-15H,1-3H3,(H,20,21)/t14-,15?/m0/s1. The molecular formula is C18H21NO4S. The summed E-state index contributed by atoms with van der Waals surface area (Å²) in [6.45, 7) is 4.94. The first-order valence-corrected chi connectivity index (χ1v) is 9.07. The van der Waals surface area contributed by atoms with E-state index in [0.717, 1.165) is 15.4 Å². The zero-order valence-corrected chi connectivity index (χ0v) is 14.7. The molecular weight excluding hydrogens is 326 g/mol. The van der Waals surface area contributed by atoms with E-state index in [1.807, 2.05) is 13.0 Å². The maximum Gasteiger partial charge on any atom is 0.321 e. The van der Waals surface area contributed by atoms with E-state index >= 15 is 0 Å². The van der Waals surface area contributed by atoms with E-state index in [1.165, 1.54) is 19.1 Å². The Kier molecular flexibility index (Phi) is 5.41. The minimum atomic E-state index is -3.96. The van der Waals surface area contributed by atoms with Gasteiger partial charge in [-0.05, 0) is 38.5 Å². The molecule has 5 nitrogen and oxygen atoms in total. The quantitative estimate of drug-likeness (QED) is 0.870. The summed E-state index contributed by atoms with van der Waals surface area (Å²) < 4.78 is 27.2. The molecule has 6 heteroatoms. The number of hydrogen-bond acceptors (Lipinski definition) is 3. The van der Waals surface area contributed by atoms with E-state index in [-0.39, 0.29) is 4.90 Å². The van der Waals surface area contributed by atoms with Crippen LogP contribution in [0, 0.1) is 6.92 Å². The van der Waals surface area contributed by atoms with Crippen molar-refractivity contribution in [3.8, 4) is 0 Å². The lowest BCUT2D eigenvalue weighted by Crippen LogP contribution is -2.44. The highest BCUT2D eigenvalue weighted by Gasteiger charge is 2.37. The van der Waals surface area contributed by atoms with Crippen LogP contribution in [0.15, 0.2) is 59.5 Å². The Morgan fingerprint density at radius 1 is 1.00 bits per heavy atom. The molecule has 2 atom stereocenters. The van der Waals surface area contributed by atoms with Crippen molar-refractivity contribution in [2.24, 2.45) is 0 Å². The van der Waals surface area contributed by atoms with Crippen molar-refractivity contribution < 1.29 is 18.3 Å². The fourth-order valence-electron chi connectivity index (χ4n) is 2.57. The molecule has 0 aliphatic rings. The average Bonchev–Trinajstić information content (AvgIpc) is 2.55. The summed E-state index contributed by atoms with van der Waals surface area (Å²) in [5.74, 6) is -1.19. The summed E-state index contributed by atoms with van der Waals surface area (Å²) in [5, 5.41) is 9.40. The highest BCUT2D eigenvalue weighted by Crippen LogP contribution is 2.30. The summed E-state index contributed by atoms with van der Waals surface area (Å²) in [7, 11) is -3.96. The van der Waals surface area contributed by atoms with Crippen molar-refractivity contribution in [1.29, 1.82) is 0 Å². The van der Waals surface area contributed by atoms with Gasteiger partial charge in [0.05, 0.1) is 4.90 Å². The van der Waals surface area contributed by atoms with E-state index in [2.05, 4.69) is 0 Å². The monoisotopic (exact) mass is 347 g/mol. The smallest absolute Gasteiger partial charge is 0.321 e. The number of benzene rings is 2. The van der Waals surface area contributed by atoms with Crippen molar-refractivity contribution in [2.75, 3.05) is 0 Å². The molecule has 0 amide bonds. The fraction of sp³-hybridized carbons (Fsp3) is 0.278. The van der Waals surface area contributed by atoms with Crippen molar-refractivity contribution in [3.63, 3.8) is 0 Å². The predicted octanol–water partition coefficient (Wildman–Crippen LogP) is 3.22. The summed E-state index contributed by atoms with van der Waals surface area (Å²) in [6, 6.07) is 13.6. The van der Waals surface area contributed by atoms with Crippen LogP contribution in [-0.2, 0) is 14.8 Å². The molecule has 24 heavy (non-hydrogen) atoms. The minimum Gasteiger partial charge on any atom is -0.480 e. The summed E-state index contributed by atoms with van der Waals surface area (Å²) in [5.41, 5.74) is 1.67. The van der Waals surface area contributed by atoms with Crippen LogP contribution in [0.4, 0.5) is 0 Å². The summed E-state index contributed by atoms with van der Waals surface area (Å²) >= 11 is 0. The maximum atomic E-state index is 13.1. The van der Waals surface area contributed by atoms with Crippen LogP contribution in [0.5, 0.6) is 0 Å². The van der Waals surface area contributed by atoms with E-state index in [0.29, 0.717) is 0 Å². The third-order valence-electron chi connectivity index (χ3n) is 4.00. The number of carbonyl (C=O) groups is 1.